The molecule has 11 heteroatoms. The fraction of sp³-hybridized carbons (Fsp3) is 0.875. The Labute approximate surface area is 156 Å². The van der Waals surface area contributed by atoms with Crippen LogP contribution in [0.1, 0.15) is 13.3 Å². The summed E-state index contributed by atoms with van der Waals surface area (Å²) in [5.74, 6) is -2.57. The van der Waals surface area contributed by atoms with E-state index in [1.165, 1.54) is 0 Å². The van der Waals surface area contributed by atoms with E-state index in [0.29, 0.717) is 32.8 Å². The molecule has 0 aromatic rings. The summed E-state index contributed by atoms with van der Waals surface area (Å²) in [7, 11) is 0. The second kappa shape index (κ2) is 7.24. The first kappa shape index (κ1) is 20.4. The molecule has 4 rings (SSSR count). The molecule has 4 heterocycles. The first-order valence-corrected chi connectivity index (χ1v) is 8.98. The zero-order valence-corrected chi connectivity index (χ0v) is 15.2. The van der Waals surface area contributed by atoms with E-state index in [2.05, 4.69) is 10.6 Å². The number of hydrogen-bond donors (Lipinski definition) is 6. The van der Waals surface area contributed by atoms with Crippen LogP contribution in [0.15, 0.2) is 0 Å². The van der Waals surface area contributed by atoms with E-state index < -0.39 is 47.5 Å². The Morgan fingerprint density at radius 2 is 1.93 bits per heavy atom. The molecule has 27 heavy (non-hydrogen) atoms. The number of nitrogens with one attached hydrogen (secondary N) is 2. The van der Waals surface area contributed by atoms with Crippen LogP contribution in [0.5, 0.6) is 0 Å². The molecule has 0 spiro atoms. The lowest BCUT2D eigenvalue weighted by atomic mass is 9.82. The highest BCUT2D eigenvalue weighted by Gasteiger charge is 2.64. The average molecular weight is 389 g/mol. The van der Waals surface area contributed by atoms with Crippen molar-refractivity contribution < 1.29 is 39.5 Å². The summed E-state index contributed by atoms with van der Waals surface area (Å²) in [5, 5.41) is 45.4. The van der Waals surface area contributed by atoms with Crippen LogP contribution in [0, 0.1) is 5.92 Å². The molecule has 0 aromatic heterocycles. The minimum Gasteiger partial charge on any atom is -0.393 e. The molecule has 0 radical (unpaired) electrons. The number of fused-ring (bicyclic) bond motifs is 5. The number of ether oxygens (including phenoxy) is 2. The quantitative estimate of drug-likeness (QED) is 0.276. The molecule has 0 aromatic carbocycles. The molecule has 154 valence electrons. The molecular weight excluding hydrogens is 362 g/mol. The molecule has 2 bridgehead atoms. The molecule has 6 N–H and O–H groups in total. The van der Waals surface area contributed by atoms with Gasteiger partial charge in [-0.2, -0.15) is 0 Å². The first-order chi connectivity index (χ1) is 12.7. The van der Waals surface area contributed by atoms with E-state index in [0.717, 1.165) is 6.92 Å². The lowest BCUT2D eigenvalue weighted by Crippen LogP contribution is -2.84. The second-order valence-electron chi connectivity index (χ2n) is 7.58. The van der Waals surface area contributed by atoms with Gasteiger partial charge in [0.15, 0.2) is 0 Å². The van der Waals surface area contributed by atoms with Crippen LogP contribution < -0.4 is 10.6 Å². The van der Waals surface area contributed by atoms with Gasteiger partial charge in [-0.05, 0) is 13.3 Å². The number of carbonyl (C=O) groups is 2. The Hall–Kier alpha value is -1.34. The fourth-order valence-corrected chi connectivity index (χ4v) is 3.72. The average Bonchev–Trinajstić information content (AvgIpc) is 2.64. The summed E-state index contributed by atoms with van der Waals surface area (Å²) in [6, 6.07) is 0. The van der Waals surface area contributed by atoms with E-state index in [-0.39, 0.29) is 13.0 Å². The van der Waals surface area contributed by atoms with Crippen LogP contribution >= 0.6 is 0 Å². The van der Waals surface area contributed by atoms with Gasteiger partial charge in [0.2, 0.25) is 5.72 Å². The van der Waals surface area contributed by atoms with Crippen molar-refractivity contribution >= 4 is 11.8 Å². The maximum atomic E-state index is 12.7. The molecule has 4 fully saturated rings. The highest BCUT2D eigenvalue weighted by molar-refractivity contribution is 6.01. The third-order valence-corrected chi connectivity index (χ3v) is 5.55. The first-order valence-electron chi connectivity index (χ1n) is 8.98. The summed E-state index contributed by atoms with van der Waals surface area (Å²) in [6.07, 6.45) is -1.73. The summed E-state index contributed by atoms with van der Waals surface area (Å²) >= 11 is 0. The minimum atomic E-state index is -2.31. The molecule has 4 aliphatic rings. The summed E-state index contributed by atoms with van der Waals surface area (Å²) in [6.45, 7) is 2.92. The number of rotatable bonds is 5. The molecule has 11 nitrogen and oxygen atoms in total. The van der Waals surface area contributed by atoms with E-state index in [9.17, 15) is 30.0 Å². The SMILES string of the molecule is C[C@](O)(CO)[C@H](O)[C@@]12NC(=O)[C@@](O)(NC1=O)C(CN1CCOCC1)CCO2. The number of morpholine rings is 1. The van der Waals surface area contributed by atoms with Gasteiger partial charge in [-0.1, -0.05) is 0 Å². The van der Waals surface area contributed by atoms with Gasteiger partial charge in [0.05, 0.1) is 26.4 Å². The third kappa shape index (κ3) is 3.44. The van der Waals surface area contributed by atoms with Crippen LogP contribution in [0.3, 0.4) is 0 Å². The fourth-order valence-electron chi connectivity index (χ4n) is 3.72. The molecule has 4 saturated heterocycles. The number of nitrogens with zero attached hydrogens (tertiary/aromatic N) is 1. The monoisotopic (exact) mass is 389 g/mol. The lowest BCUT2D eigenvalue weighted by Gasteiger charge is -2.52. The van der Waals surface area contributed by atoms with Crippen molar-refractivity contribution in [2.45, 2.75) is 36.5 Å². The third-order valence-electron chi connectivity index (χ3n) is 5.55. The topological polar surface area (TPSA) is 161 Å². The predicted octanol–water partition coefficient (Wildman–Crippen LogP) is -3.91. The summed E-state index contributed by atoms with van der Waals surface area (Å²) in [5.41, 5.74) is -6.60. The van der Waals surface area contributed by atoms with E-state index >= 15 is 0 Å². The Morgan fingerprint density at radius 3 is 2.56 bits per heavy atom. The van der Waals surface area contributed by atoms with Crippen molar-refractivity contribution in [2.75, 3.05) is 46.1 Å². The van der Waals surface area contributed by atoms with Gasteiger partial charge >= 0.3 is 0 Å². The van der Waals surface area contributed by atoms with Gasteiger partial charge in [-0.15, -0.1) is 0 Å². The zero-order valence-electron chi connectivity index (χ0n) is 15.2. The highest BCUT2D eigenvalue weighted by Crippen LogP contribution is 2.34. The zero-order chi connectivity index (χ0) is 19.9. The molecule has 0 aliphatic carbocycles. The van der Waals surface area contributed by atoms with Crippen molar-refractivity contribution in [3.63, 3.8) is 0 Å². The van der Waals surface area contributed by atoms with Gasteiger partial charge in [-0.25, -0.2) is 0 Å². The van der Waals surface area contributed by atoms with E-state index in [1.807, 2.05) is 4.90 Å². The lowest BCUT2D eigenvalue weighted by molar-refractivity contribution is -0.241. The van der Waals surface area contributed by atoms with Crippen molar-refractivity contribution in [3.05, 3.63) is 0 Å². The van der Waals surface area contributed by atoms with E-state index in [1.54, 1.807) is 0 Å². The predicted molar refractivity (Wildman–Crippen MR) is 89.0 cm³/mol. The number of carbonyl (C=O) groups excluding carboxylic acids is 2. The van der Waals surface area contributed by atoms with Gasteiger partial charge in [0.25, 0.3) is 17.5 Å². The Balaban J connectivity index is 1.85. The number of piperazine rings is 1. The van der Waals surface area contributed by atoms with Crippen LogP contribution in [0.4, 0.5) is 0 Å². The summed E-state index contributed by atoms with van der Waals surface area (Å²) < 4.78 is 10.8. The molecule has 4 aliphatic heterocycles. The minimum absolute atomic E-state index is 0.0520. The van der Waals surface area contributed by atoms with Crippen molar-refractivity contribution in [1.29, 1.82) is 0 Å². The van der Waals surface area contributed by atoms with Crippen LogP contribution in [-0.4, -0.2) is 106 Å². The smallest absolute Gasteiger partial charge is 0.278 e. The Bertz CT molecular complexity index is 596. The maximum absolute atomic E-state index is 12.7. The maximum Gasteiger partial charge on any atom is 0.278 e. The second-order valence-corrected chi connectivity index (χ2v) is 7.58. The van der Waals surface area contributed by atoms with Crippen molar-refractivity contribution in [2.24, 2.45) is 5.92 Å². The van der Waals surface area contributed by atoms with E-state index in [4.69, 9.17) is 9.47 Å². The Morgan fingerprint density at radius 1 is 1.26 bits per heavy atom. The normalized spacial score (nSPS) is 38.3. The van der Waals surface area contributed by atoms with Gasteiger partial charge in [0.1, 0.15) is 11.7 Å². The number of aliphatic hydroxyl groups excluding tert-OH is 2. The number of amides is 2. The van der Waals surface area contributed by atoms with Crippen LogP contribution in [0.25, 0.3) is 0 Å². The summed E-state index contributed by atoms with van der Waals surface area (Å²) in [4.78, 5) is 27.5. The molecule has 2 amide bonds. The van der Waals surface area contributed by atoms with Gasteiger partial charge in [0, 0.05) is 25.6 Å². The largest absolute Gasteiger partial charge is 0.393 e. The van der Waals surface area contributed by atoms with Gasteiger partial charge in [-0.3, -0.25) is 14.5 Å². The van der Waals surface area contributed by atoms with Crippen LogP contribution in [0.2, 0.25) is 0 Å². The van der Waals surface area contributed by atoms with Gasteiger partial charge < -0.3 is 40.5 Å². The highest BCUT2D eigenvalue weighted by atomic mass is 16.5. The molecular formula is C16H27N3O8. The van der Waals surface area contributed by atoms with Crippen molar-refractivity contribution in [3.8, 4) is 0 Å². The number of aliphatic hydroxyl groups is 4. The standard InChI is InChI=1S/C16H27N3O8/c1-14(24,9-20)11(21)16-13(23)17-15(25,12(22)18-16)10(2-5-27-16)8-19-3-6-26-7-4-19/h10-11,20-21,24-25H,2-9H2,1H3,(H,17,23)(H,18,22)/t10?,11-,14-,15+,16-/m0/s1. The van der Waals surface area contributed by atoms with Crippen LogP contribution in [-0.2, 0) is 19.1 Å². The molecule has 5 atom stereocenters. The Kier molecular flexibility index (Phi) is 5.47. The molecule has 0 saturated carbocycles. The molecule has 1 unspecified atom stereocenters. The van der Waals surface area contributed by atoms with Crippen molar-refractivity contribution in [1.82, 2.24) is 15.5 Å². The number of hydrogen-bond acceptors (Lipinski definition) is 9.